The summed E-state index contributed by atoms with van der Waals surface area (Å²) in [5.74, 6) is 1.93. The van der Waals surface area contributed by atoms with Crippen LogP contribution in [-0.4, -0.2) is 45.0 Å². The Kier molecular flexibility index (Phi) is 3.58. The van der Waals surface area contributed by atoms with Gasteiger partial charge in [0.25, 0.3) is 0 Å². The van der Waals surface area contributed by atoms with Gasteiger partial charge in [0.1, 0.15) is 11.6 Å². The first-order valence-electron chi connectivity index (χ1n) is 7.59. The van der Waals surface area contributed by atoms with E-state index in [4.69, 9.17) is 0 Å². The molecule has 6 heteroatoms. The zero-order valence-electron chi connectivity index (χ0n) is 12.5. The lowest BCUT2D eigenvalue weighted by atomic mass is 9.87. The second-order valence-electron chi connectivity index (χ2n) is 6.12. The number of piperazine rings is 1. The van der Waals surface area contributed by atoms with Crippen molar-refractivity contribution in [1.82, 2.24) is 19.9 Å². The van der Waals surface area contributed by atoms with Gasteiger partial charge in [-0.2, -0.15) is 0 Å². The number of pyridine rings is 1. The van der Waals surface area contributed by atoms with E-state index in [0.717, 1.165) is 35.7 Å². The number of aromatic nitrogens is 3. The fourth-order valence-electron chi connectivity index (χ4n) is 3.59. The maximum atomic E-state index is 4.58. The topological polar surface area (TPSA) is 45.2 Å². The maximum absolute atomic E-state index is 4.58. The van der Waals surface area contributed by atoms with Gasteiger partial charge in [0.15, 0.2) is 0 Å². The molecule has 2 bridgehead atoms. The van der Waals surface area contributed by atoms with Crippen molar-refractivity contribution in [3.8, 4) is 0 Å². The molecule has 0 radical (unpaired) electrons. The molecule has 3 fully saturated rings. The Labute approximate surface area is 138 Å². The fraction of sp³-hybridized carbons (Fsp3) is 0.438. The summed E-state index contributed by atoms with van der Waals surface area (Å²) in [5, 5.41) is 0. The summed E-state index contributed by atoms with van der Waals surface area (Å²) in [4.78, 5) is 18.0. The molecule has 0 aliphatic carbocycles. The van der Waals surface area contributed by atoms with E-state index in [1.807, 2.05) is 31.6 Å². The van der Waals surface area contributed by atoms with Crippen LogP contribution in [0.1, 0.15) is 17.8 Å². The van der Waals surface area contributed by atoms with Gasteiger partial charge in [-0.15, -0.1) is 0 Å². The van der Waals surface area contributed by atoms with Crippen LogP contribution in [0, 0.1) is 6.92 Å². The van der Waals surface area contributed by atoms with Gasteiger partial charge < -0.3 is 4.90 Å². The van der Waals surface area contributed by atoms with Crippen LogP contribution >= 0.6 is 15.9 Å². The molecule has 0 saturated carbocycles. The zero-order chi connectivity index (χ0) is 15.1. The van der Waals surface area contributed by atoms with Crippen LogP contribution in [0.2, 0.25) is 0 Å². The SMILES string of the molecule is Cc1nccc(N2C3CC2CN(Cc2cncc(Br)c2)C3)n1. The highest BCUT2D eigenvalue weighted by Gasteiger charge is 2.45. The quantitative estimate of drug-likeness (QED) is 0.841. The van der Waals surface area contributed by atoms with E-state index in [1.165, 1.54) is 12.0 Å². The second kappa shape index (κ2) is 5.59. The molecule has 3 aliphatic rings. The Bertz CT molecular complexity index is 680. The first-order chi connectivity index (χ1) is 10.7. The van der Waals surface area contributed by atoms with Gasteiger partial charge >= 0.3 is 0 Å². The van der Waals surface area contributed by atoms with Gasteiger partial charge in [-0.1, -0.05) is 0 Å². The average Bonchev–Trinajstić information content (AvgIpc) is 2.47. The van der Waals surface area contributed by atoms with Gasteiger partial charge in [0.2, 0.25) is 0 Å². The van der Waals surface area contributed by atoms with E-state index in [-0.39, 0.29) is 0 Å². The molecule has 3 aliphatic heterocycles. The minimum atomic E-state index is 0.577. The van der Waals surface area contributed by atoms with Crippen LogP contribution in [0.5, 0.6) is 0 Å². The Hall–Kier alpha value is -1.53. The van der Waals surface area contributed by atoms with Crippen molar-refractivity contribution in [2.45, 2.75) is 32.0 Å². The number of hydrogen-bond donors (Lipinski definition) is 0. The van der Waals surface area contributed by atoms with Gasteiger partial charge in [-0.3, -0.25) is 9.88 Å². The molecule has 0 amide bonds. The molecule has 114 valence electrons. The predicted octanol–water partition coefficient (Wildman–Crippen LogP) is 2.41. The van der Waals surface area contributed by atoms with E-state index in [9.17, 15) is 0 Å². The fourth-order valence-corrected chi connectivity index (χ4v) is 4.00. The molecule has 2 atom stereocenters. The van der Waals surface area contributed by atoms with Crippen molar-refractivity contribution in [2.24, 2.45) is 0 Å². The van der Waals surface area contributed by atoms with Gasteiger partial charge in [0, 0.05) is 54.8 Å². The summed E-state index contributed by atoms with van der Waals surface area (Å²) in [6.07, 6.45) is 6.92. The van der Waals surface area contributed by atoms with Crippen molar-refractivity contribution in [3.63, 3.8) is 0 Å². The van der Waals surface area contributed by atoms with Crippen molar-refractivity contribution in [2.75, 3.05) is 18.0 Å². The van der Waals surface area contributed by atoms with E-state index >= 15 is 0 Å². The highest BCUT2D eigenvalue weighted by molar-refractivity contribution is 9.10. The largest absolute Gasteiger partial charge is 0.348 e. The number of nitrogens with zero attached hydrogens (tertiary/aromatic N) is 5. The predicted molar refractivity (Wildman–Crippen MR) is 88.7 cm³/mol. The number of anilines is 1. The molecule has 0 spiro atoms. The first-order valence-corrected chi connectivity index (χ1v) is 8.38. The minimum absolute atomic E-state index is 0.577. The normalized spacial score (nSPS) is 24.2. The lowest BCUT2D eigenvalue weighted by Crippen LogP contribution is -2.69. The number of halogens is 1. The molecular weight excluding hydrogens is 342 g/mol. The van der Waals surface area contributed by atoms with Crippen LogP contribution in [0.25, 0.3) is 0 Å². The standard InChI is InChI=1S/C16H18BrN5/c1-11-19-3-2-16(20-11)22-14-5-15(22)10-21(9-14)8-12-4-13(17)7-18-6-12/h2-4,6-7,14-15H,5,8-10H2,1H3. The highest BCUT2D eigenvalue weighted by atomic mass is 79.9. The summed E-state index contributed by atoms with van der Waals surface area (Å²) in [6.45, 7) is 5.10. The van der Waals surface area contributed by atoms with E-state index in [2.05, 4.69) is 46.7 Å². The van der Waals surface area contributed by atoms with Crippen LogP contribution in [0.3, 0.4) is 0 Å². The molecule has 5 nitrogen and oxygen atoms in total. The van der Waals surface area contributed by atoms with Crippen LogP contribution in [0.15, 0.2) is 35.2 Å². The van der Waals surface area contributed by atoms with Crippen LogP contribution < -0.4 is 4.90 Å². The van der Waals surface area contributed by atoms with Crippen molar-refractivity contribution in [3.05, 3.63) is 46.6 Å². The van der Waals surface area contributed by atoms with Crippen molar-refractivity contribution in [1.29, 1.82) is 0 Å². The molecule has 2 unspecified atom stereocenters. The van der Waals surface area contributed by atoms with Gasteiger partial charge in [0.05, 0.1) is 0 Å². The Morgan fingerprint density at radius 2 is 2.09 bits per heavy atom. The molecule has 0 aromatic carbocycles. The Morgan fingerprint density at radius 1 is 1.27 bits per heavy atom. The number of rotatable bonds is 3. The molecule has 2 aromatic rings. The third kappa shape index (κ3) is 2.61. The third-order valence-electron chi connectivity index (χ3n) is 4.46. The monoisotopic (exact) mass is 359 g/mol. The van der Waals surface area contributed by atoms with E-state index < -0.39 is 0 Å². The lowest BCUT2D eigenvalue weighted by Gasteiger charge is -2.57. The van der Waals surface area contributed by atoms with Crippen LogP contribution in [-0.2, 0) is 6.54 Å². The van der Waals surface area contributed by atoms with E-state index in [1.54, 1.807) is 0 Å². The molecule has 22 heavy (non-hydrogen) atoms. The summed E-state index contributed by atoms with van der Waals surface area (Å²) in [6, 6.07) is 5.33. The van der Waals surface area contributed by atoms with Crippen molar-refractivity contribution < 1.29 is 0 Å². The first kappa shape index (κ1) is 14.1. The van der Waals surface area contributed by atoms with E-state index in [0.29, 0.717) is 12.1 Å². The Morgan fingerprint density at radius 3 is 2.82 bits per heavy atom. The number of fused-ring (bicyclic) bond motifs is 2. The summed E-state index contributed by atoms with van der Waals surface area (Å²) < 4.78 is 1.05. The second-order valence-corrected chi connectivity index (χ2v) is 7.03. The minimum Gasteiger partial charge on any atom is -0.348 e. The smallest absolute Gasteiger partial charge is 0.132 e. The summed E-state index contributed by atoms with van der Waals surface area (Å²) in [5.41, 5.74) is 1.26. The molecule has 0 N–H and O–H groups in total. The Balaban J connectivity index is 1.44. The summed E-state index contributed by atoms with van der Waals surface area (Å²) in [7, 11) is 0. The molecule has 3 saturated heterocycles. The molecule has 5 rings (SSSR count). The van der Waals surface area contributed by atoms with Gasteiger partial charge in [-0.25, -0.2) is 9.97 Å². The third-order valence-corrected chi connectivity index (χ3v) is 4.90. The number of aryl methyl sites for hydroxylation is 1. The number of hydrogen-bond acceptors (Lipinski definition) is 5. The van der Waals surface area contributed by atoms with Crippen LogP contribution in [0.4, 0.5) is 5.82 Å². The highest BCUT2D eigenvalue weighted by Crippen LogP contribution is 2.36. The maximum Gasteiger partial charge on any atom is 0.132 e. The average molecular weight is 360 g/mol. The van der Waals surface area contributed by atoms with Gasteiger partial charge in [-0.05, 0) is 47.0 Å². The lowest BCUT2D eigenvalue weighted by molar-refractivity contribution is 0.107. The number of piperidine rings is 1. The van der Waals surface area contributed by atoms with Crippen molar-refractivity contribution >= 4 is 21.7 Å². The molecule has 5 heterocycles. The summed E-state index contributed by atoms with van der Waals surface area (Å²) >= 11 is 3.49. The zero-order valence-corrected chi connectivity index (χ0v) is 14.1. The molecule has 2 aromatic heterocycles. The molecular formula is C16H18BrN5.